The van der Waals surface area contributed by atoms with E-state index in [9.17, 15) is 4.21 Å². The van der Waals surface area contributed by atoms with Gasteiger partial charge in [0.1, 0.15) is 5.03 Å². The maximum atomic E-state index is 11.2. The van der Waals surface area contributed by atoms with Crippen LogP contribution in [0, 0.1) is 11.7 Å². The Labute approximate surface area is 66.4 Å². The highest BCUT2D eigenvalue weighted by atomic mass is 32.2. The molecular weight excluding hydrogens is 160 g/mol. The van der Waals surface area contributed by atoms with Crippen LogP contribution in [0.15, 0.2) is 23.4 Å². The first-order valence-electron chi connectivity index (χ1n) is 3.17. The first-order valence-corrected chi connectivity index (χ1v) is 5.14. The second-order valence-electron chi connectivity index (χ2n) is 2.47. The molecule has 1 atom stereocenters. The number of nitrogens with zero attached hydrogens (tertiary/aromatic N) is 1. The van der Waals surface area contributed by atoms with E-state index in [2.05, 4.69) is 4.98 Å². The average Bonchev–Trinajstić information content (AvgIpc) is 1.86. The van der Waals surface area contributed by atoms with Crippen LogP contribution in [0.1, 0.15) is 5.56 Å². The lowest BCUT2D eigenvalue weighted by molar-refractivity contribution is 0.675. The van der Waals surface area contributed by atoms with E-state index in [0.717, 1.165) is 5.56 Å². The Balaban J connectivity index is 3.37. The zero-order valence-corrected chi connectivity index (χ0v) is 7.31. The number of aryl methyl sites for hydroxylation is 1. The summed E-state index contributed by atoms with van der Waals surface area (Å²) < 4.78 is 18.5. The summed E-state index contributed by atoms with van der Waals surface area (Å²) in [4.78, 5) is 3.89. The number of aromatic nitrogens is 1. The number of hydrogen-bond acceptors (Lipinski definition) is 3. The van der Waals surface area contributed by atoms with Crippen LogP contribution in [0.25, 0.3) is 0 Å². The van der Waals surface area contributed by atoms with Crippen molar-refractivity contribution in [2.45, 2.75) is 11.9 Å². The summed E-state index contributed by atoms with van der Waals surface area (Å²) in [5.74, 6) is 0. The Morgan fingerprint density at radius 3 is 2.64 bits per heavy atom. The predicted octanol–water partition coefficient (Wildman–Crippen LogP) is 1.43. The topological polar surface area (TPSA) is 53.8 Å². The molecule has 1 aromatic rings. The maximum Gasteiger partial charge on any atom is 0.138 e. The normalized spacial score (nSPS) is 15.8. The van der Waals surface area contributed by atoms with E-state index in [-0.39, 0.29) is 0 Å². The maximum absolute atomic E-state index is 11.2. The monoisotopic (exact) mass is 170 g/mol. The fourth-order valence-corrected chi connectivity index (χ4v) is 1.82. The number of hydrogen-bond donors (Lipinski definition) is 1. The predicted molar refractivity (Wildman–Crippen MR) is 44.0 cm³/mol. The first-order chi connectivity index (χ1) is 5.02. The Kier molecular flexibility index (Phi) is 1.95. The molecule has 1 heterocycles. The van der Waals surface area contributed by atoms with Crippen LogP contribution in [-0.4, -0.2) is 15.4 Å². The Bertz CT molecular complexity index is 356. The fourth-order valence-electron chi connectivity index (χ4n) is 0.879. The van der Waals surface area contributed by atoms with E-state index in [1.54, 1.807) is 25.3 Å². The smallest absolute Gasteiger partial charge is 0.138 e. The molecule has 4 heteroatoms. The number of pyridine rings is 1. The highest BCUT2D eigenvalue weighted by Gasteiger charge is 2.06. The van der Waals surface area contributed by atoms with Gasteiger partial charge in [-0.05, 0) is 18.6 Å². The Morgan fingerprint density at radius 1 is 1.64 bits per heavy atom. The molecule has 0 unspecified atom stereocenters. The molecule has 60 valence electrons. The van der Waals surface area contributed by atoms with Crippen LogP contribution in [0.4, 0.5) is 0 Å². The molecule has 0 aromatic carbocycles. The number of nitrogens with one attached hydrogen (secondary N) is 1. The van der Waals surface area contributed by atoms with Gasteiger partial charge in [-0.1, -0.05) is 6.07 Å². The largest absolute Gasteiger partial charge is 0.248 e. The van der Waals surface area contributed by atoms with Crippen LogP contribution in [0.2, 0.25) is 0 Å². The molecule has 0 fully saturated rings. The van der Waals surface area contributed by atoms with Gasteiger partial charge in [0.15, 0.2) is 0 Å². The first kappa shape index (κ1) is 8.20. The third-order valence-corrected chi connectivity index (χ3v) is 2.50. The summed E-state index contributed by atoms with van der Waals surface area (Å²) in [6.45, 7) is 1.81. The minimum atomic E-state index is -2.64. The molecule has 0 bridgehead atoms. The zero-order chi connectivity index (χ0) is 8.48. The summed E-state index contributed by atoms with van der Waals surface area (Å²) >= 11 is 0. The molecule has 11 heavy (non-hydrogen) atoms. The quantitative estimate of drug-likeness (QED) is 0.693. The van der Waals surface area contributed by atoms with Gasteiger partial charge in [0.25, 0.3) is 0 Å². The van der Waals surface area contributed by atoms with Crippen molar-refractivity contribution < 1.29 is 4.21 Å². The minimum absolute atomic E-state index is 0.389. The van der Waals surface area contributed by atoms with E-state index in [1.807, 2.05) is 0 Å². The molecule has 0 saturated heterocycles. The van der Waals surface area contributed by atoms with Gasteiger partial charge >= 0.3 is 0 Å². The summed E-state index contributed by atoms with van der Waals surface area (Å²) in [7, 11) is -2.64. The third-order valence-electron chi connectivity index (χ3n) is 1.33. The van der Waals surface area contributed by atoms with Gasteiger partial charge in [0.05, 0.1) is 9.73 Å². The second kappa shape index (κ2) is 2.62. The lowest BCUT2D eigenvalue weighted by Gasteiger charge is -2.01. The van der Waals surface area contributed by atoms with Gasteiger partial charge in [-0.3, -0.25) is 0 Å². The van der Waals surface area contributed by atoms with Crippen molar-refractivity contribution >= 4 is 9.73 Å². The van der Waals surface area contributed by atoms with E-state index in [1.165, 1.54) is 6.26 Å². The molecular formula is C7H10N2OS. The van der Waals surface area contributed by atoms with Crippen molar-refractivity contribution in [3.63, 3.8) is 0 Å². The molecule has 1 N–H and O–H groups in total. The Hall–Kier alpha value is -0.900. The van der Waals surface area contributed by atoms with E-state index >= 15 is 0 Å². The second-order valence-corrected chi connectivity index (χ2v) is 4.54. The van der Waals surface area contributed by atoms with Gasteiger partial charge in [-0.25, -0.2) is 14.0 Å². The van der Waals surface area contributed by atoms with Crippen LogP contribution >= 0.6 is 0 Å². The van der Waals surface area contributed by atoms with Crippen molar-refractivity contribution in [3.05, 3.63) is 23.9 Å². The van der Waals surface area contributed by atoms with Gasteiger partial charge in [0.2, 0.25) is 0 Å². The van der Waals surface area contributed by atoms with Crippen LogP contribution in [-0.2, 0) is 9.73 Å². The molecule has 0 aliphatic carbocycles. The van der Waals surface area contributed by atoms with Crippen molar-refractivity contribution in [1.29, 1.82) is 4.78 Å². The molecule has 1 aromatic heterocycles. The fraction of sp³-hybridized carbons (Fsp3) is 0.286. The van der Waals surface area contributed by atoms with Crippen LogP contribution in [0.5, 0.6) is 0 Å². The summed E-state index contributed by atoms with van der Waals surface area (Å²) in [6.07, 6.45) is 2.93. The van der Waals surface area contributed by atoms with Crippen molar-refractivity contribution in [2.75, 3.05) is 6.26 Å². The highest BCUT2D eigenvalue weighted by Crippen LogP contribution is 2.09. The van der Waals surface area contributed by atoms with Crippen molar-refractivity contribution in [3.8, 4) is 0 Å². The lowest BCUT2D eigenvalue weighted by Crippen LogP contribution is -2.00. The molecule has 0 spiro atoms. The lowest BCUT2D eigenvalue weighted by atomic mass is 10.3. The van der Waals surface area contributed by atoms with E-state index in [4.69, 9.17) is 4.78 Å². The van der Waals surface area contributed by atoms with Gasteiger partial charge in [0, 0.05) is 12.5 Å². The molecule has 1 rings (SSSR count). The summed E-state index contributed by atoms with van der Waals surface area (Å²) in [5, 5.41) is 0.389. The van der Waals surface area contributed by atoms with Gasteiger partial charge in [-0.2, -0.15) is 0 Å². The van der Waals surface area contributed by atoms with Crippen molar-refractivity contribution in [1.82, 2.24) is 4.98 Å². The minimum Gasteiger partial charge on any atom is -0.248 e. The van der Waals surface area contributed by atoms with Gasteiger partial charge < -0.3 is 0 Å². The average molecular weight is 170 g/mol. The standard InChI is InChI=1S/C7H10N2OS/c1-6-4-3-5-9-7(6)11(2,8)10/h3-5,8H,1-2H3/t11-/m1/s1. The third kappa shape index (κ3) is 1.77. The van der Waals surface area contributed by atoms with Gasteiger partial charge in [-0.15, -0.1) is 0 Å². The SMILES string of the molecule is Cc1cccnc1[S@](C)(=N)=O. The van der Waals surface area contributed by atoms with E-state index in [0.29, 0.717) is 5.03 Å². The van der Waals surface area contributed by atoms with E-state index < -0.39 is 9.73 Å². The molecule has 0 aliphatic rings. The molecule has 0 aliphatic heterocycles. The van der Waals surface area contributed by atoms with Crippen molar-refractivity contribution in [2.24, 2.45) is 0 Å². The zero-order valence-electron chi connectivity index (χ0n) is 6.50. The molecule has 0 amide bonds. The molecule has 0 radical (unpaired) electrons. The highest BCUT2D eigenvalue weighted by molar-refractivity contribution is 7.91. The van der Waals surface area contributed by atoms with Crippen LogP contribution < -0.4 is 0 Å². The van der Waals surface area contributed by atoms with Crippen LogP contribution in [0.3, 0.4) is 0 Å². The molecule has 3 nitrogen and oxygen atoms in total. The Morgan fingerprint density at radius 2 is 2.27 bits per heavy atom. The summed E-state index contributed by atoms with van der Waals surface area (Å²) in [5.41, 5.74) is 0.815. The summed E-state index contributed by atoms with van der Waals surface area (Å²) in [6, 6.07) is 3.57. The molecule has 0 saturated carbocycles. The number of rotatable bonds is 1.